The Labute approximate surface area is 246 Å². The monoisotopic (exact) mass is 583 g/mol. The summed E-state index contributed by atoms with van der Waals surface area (Å²) >= 11 is 6.19. The number of aromatic hydroxyl groups is 1. The molecule has 0 fully saturated rings. The molecule has 4 aromatic carbocycles. The van der Waals surface area contributed by atoms with Crippen LogP contribution in [0.1, 0.15) is 11.1 Å². The summed E-state index contributed by atoms with van der Waals surface area (Å²) in [5, 5.41) is 18.9. The fourth-order valence-corrected chi connectivity index (χ4v) is 5.85. The van der Waals surface area contributed by atoms with Gasteiger partial charge in [0.2, 0.25) is 0 Å². The molecule has 0 aliphatic rings. The van der Waals surface area contributed by atoms with Gasteiger partial charge in [-0.3, -0.25) is 9.27 Å². The minimum absolute atomic E-state index is 0. The number of rotatable bonds is 6. The van der Waals surface area contributed by atoms with Crippen molar-refractivity contribution in [3.8, 4) is 5.75 Å². The van der Waals surface area contributed by atoms with Crippen LogP contribution < -0.4 is 10.5 Å². The van der Waals surface area contributed by atoms with E-state index in [1.165, 1.54) is 30.3 Å². The van der Waals surface area contributed by atoms with Crippen LogP contribution in [0.3, 0.4) is 0 Å². The predicted molar refractivity (Wildman–Crippen MR) is 148 cm³/mol. The van der Waals surface area contributed by atoms with E-state index in [-0.39, 0.29) is 67.3 Å². The van der Waals surface area contributed by atoms with Crippen molar-refractivity contribution in [3.05, 3.63) is 76.8 Å². The van der Waals surface area contributed by atoms with Crippen LogP contribution in [0, 0.1) is 13.8 Å². The maximum absolute atomic E-state index is 13.1. The number of nitrogens with two attached hydrogens (primary N) is 1. The van der Waals surface area contributed by atoms with E-state index in [4.69, 9.17) is 17.3 Å². The molecule has 193 valence electrons. The largest absolute Gasteiger partial charge is 0.507 e. The van der Waals surface area contributed by atoms with E-state index in [0.717, 1.165) is 23.3 Å². The number of aryl methyl sites for hydroxylation is 2. The van der Waals surface area contributed by atoms with Crippen LogP contribution in [-0.4, -0.2) is 56.1 Å². The Morgan fingerprint density at radius 3 is 2.29 bits per heavy atom. The van der Waals surface area contributed by atoms with Crippen LogP contribution >= 0.6 is 11.6 Å². The van der Waals surface area contributed by atoms with Gasteiger partial charge in [0.25, 0.3) is 20.1 Å². The number of benzene rings is 4. The number of azo groups is 1. The van der Waals surface area contributed by atoms with E-state index >= 15 is 0 Å². The Bertz CT molecular complexity index is 1810. The molecule has 0 spiro atoms. The molecular weight excluding hydrogens is 563 g/mol. The zero-order valence-corrected chi connectivity index (χ0v) is 24.9. The van der Waals surface area contributed by atoms with Gasteiger partial charge in [0, 0.05) is 35.6 Å². The number of halogens is 1. The molecule has 14 heteroatoms. The molecule has 4 aromatic rings. The SMILES string of the molecule is Cc1ccc(NS(=O)(=O)c2cc(N=Nc3c(N)ccc4cc(S(=O)(=O)O)cc(O)c34)ccc2Cl)c(C)c1.[Na]. The number of sulfonamides is 1. The van der Waals surface area contributed by atoms with E-state index in [2.05, 4.69) is 15.0 Å². The van der Waals surface area contributed by atoms with Crippen LogP contribution in [0.5, 0.6) is 5.75 Å². The third-order valence-electron chi connectivity index (χ3n) is 5.47. The van der Waals surface area contributed by atoms with Crippen LogP contribution in [0.25, 0.3) is 10.8 Å². The predicted octanol–water partition coefficient (Wildman–Crippen LogP) is 5.48. The number of nitrogens with zero attached hydrogens (tertiary/aromatic N) is 2. The summed E-state index contributed by atoms with van der Waals surface area (Å²) in [6.45, 7) is 3.67. The van der Waals surface area contributed by atoms with E-state index in [1.54, 1.807) is 19.1 Å². The van der Waals surface area contributed by atoms with Crippen molar-refractivity contribution in [3.63, 3.8) is 0 Å². The Morgan fingerprint density at radius 2 is 1.63 bits per heavy atom. The summed E-state index contributed by atoms with van der Waals surface area (Å²) < 4.78 is 61.0. The minimum atomic E-state index is -4.57. The zero-order chi connectivity index (χ0) is 27.1. The van der Waals surface area contributed by atoms with Crippen LogP contribution in [0.2, 0.25) is 5.02 Å². The topological polar surface area (TPSA) is 172 Å². The molecule has 0 aliphatic carbocycles. The number of phenols is 1. The van der Waals surface area contributed by atoms with Crippen LogP contribution in [-0.2, 0) is 20.1 Å². The van der Waals surface area contributed by atoms with Crippen LogP contribution in [0.15, 0.2) is 80.7 Å². The van der Waals surface area contributed by atoms with E-state index < -0.39 is 30.8 Å². The van der Waals surface area contributed by atoms with Crippen molar-refractivity contribution in [2.24, 2.45) is 10.2 Å². The van der Waals surface area contributed by atoms with E-state index in [0.29, 0.717) is 5.69 Å². The van der Waals surface area contributed by atoms with Crippen molar-refractivity contribution >= 4 is 94.8 Å². The molecule has 0 unspecified atom stereocenters. The molecule has 0 heterocycles. The number of phenolic OH excluding ortho intramolecular Hbond substituents is 1. The molecule has 0 amide bonds. The van der Waals surface area contributed by atoms with E-state index in [1.807, 2.05) is 13.0 Å². The van der Waals surface area contributed by atoms with Crippen molar-refractivity contribution in [2.45, 2.75) is 23.6 Å². The Kier molecular flexibility index (Phi) is 8.78. The first-order valence-electron chi connectivity index (χ1n) is 10.6. The standard InChI is InChI=1S/C24H21ClN4O6S2.Na/c1-13-3-8-20(14(2)9-13)29-36(31,32)22-11-16(5-6-18(22)25)27-28-24-19(26)7-4-15-10-17(37(33,34)35)12-21(30)23(15)24;/h3-12,29-30H,26H2,1-2H3,(H,33,34,35);. The van der Waals surface area contributed by atoms with Gasteiger partial charge in [0.05, 0.1) is 32.4 Å². The Morgan fingerprint density at radius 1 is 0.921 bits per heavy atom. The van der Waals surface area contributed by atoms with Gasteiger partial charge < -0.3 is 10.8 Å². The zero-order valence-electron chi connectivity index (χ0n) is 20.5. The molecule has 0 aromatic heterocycles. The molecule has 1 radical (unpaired) electrons. The molecule has 0 aliphatic heterocycles. The molecule has 0 bridgehead atoms. The third kappa shape index (κ3) is 6.29. The van der Waals surface area contributed by atoms with Gasteiger partial charge in [-0.05, 0) is 61.2 Å². The molecule has 0 saturated carbocycles. The Hall–Kier alpha value is -2.71. The molecule has 5 N–H and O–H groups in total. The summed E-state index contributed by atoms with van der Waals surface area (Å²) in [6, 6.07) is 14.2. The molecular formula is C24H21ClN4NaO6S2. The van der Waals surface area contributed by atoms with Crippen molar-refractivity contribution in [1.29, 1.82) is 0 Å². The second-order valence-corrected chi connectivity index (χ2v) is 11.7. The van der Waals surface area contributed by atoms with Gasteiger partial charge >= 0.3 is 0 Å². The molecule has 0 saturated heterocycles. The van der Waals surface area contributed by atoms with E-state index in [9.17, 15) is 26.5 Å². The summed E-state index contributed by atoms with van der Waals surface area (Å²) in [7, 11) is -8.65. The maximum Gasteiger partial charge on any atom is 0.294 e. The van der Waals surface area contributed by atoms with Crippen molar-refractivity contribution in [2.75, 3.05) is 10.5 Å². The van der Waals surface area contributed by atoms with Gasteiger partial charge in [-0.15, -0.1) is 5.11 Å². The number of hydrogen-bond acceptors (Lipinski definition) is 8. The molecule has 38 heavy (non-hydrogen) atoms. The fraction of sp³-hybridized carbons (Fsp3) is 0.0833. The number of nitrogen functional groups attached to an aromatic ring is 1. The minimum Gasteiger partial charge on any atom is -0.507 e. The average molecular weight is 584 g/mol. The number of hydrogen-bond donors (Lipinski definition) is 4. The van der Waals surface area contributed by atoms with Gasteiger partial charge in [0.15, 0.2) is 0 Å². The summed E-state index contributed by atoms with van der Waals surface area (Å²) in [5.41, 5.74) is 8.39. The molecule has 10 nitrogen and oxygen atoms in total. The quantitative estimate of drug-likeness (QED) is 0.101. The second kappa shape index (κ2) is 11.2. The van der Waals surface area contributed by atoms with Crippen molar-refractivity contribution in [1.82, 2.24) is 0 Å². The average Bonchev–Trinajstić information content (AvgIpc) is 2.80. The Balaban J connectivity index is 0.00000400. The third-order valence-corrected chi connectivity index (χ3v) is 8.15. The normalized spacial score (nSPS) is 12.0. The molecule has 0 atom stereocenters. The first-order valence-corrected chi connectivity index (χ1v) is 13.9. The van der Waals surface area contributed by atoms with Gasteiger partial charge in [0.1, 0.15) is 16.3 Å². The number of nitrogens with one attached hydrogen (secondary N) is 1. The summed E-state index contributed by atoms with van der Waals surface area (Å²) in [4.78, 5) is -0.730. The first kappa shape index (κ1) is 29.8. The van der Waals surface area contributed by atoms with Gasteiger partial charge in [-0.2, -0.15) is 13.5 Å². The van der Waals surface area contributed by atoms with Gasteiger partial charge in [-0.1, -0.05) is 35.4 Å². The summed E-state index contributed by atoms with van der Waals surface area (Å²) in [6.07, 6.45) is 0. The van der Waals surface area contributed by atoms with Gasteiger partial charge in [-0.25, -0.2) is 8.42 Å². The second-order valence-electron chi connectivity index (χ2n) is 8.26. The van der Waals surface area contributed by atoms with Crippen LogP contribution in [0.4, 0.5) is 22.7 Å². The maximum atomic E-state index is 13.1. The smallest absolute Gasteiger partial charge is 0.294 e. The number of fused-ring (bicyclic) bond motifs is 1. The summed E-state index contributed by atoms with van der Waals surface area (Å²) in [5.74, 6) is -0.497. The fourth-order valence-electron chi connectivity index (χ4n) is 3.67. The van der Waals surface area contributed by atoms with Crippen molar-refractivity contribution < 1.29 is 26.5 Å². The number of anilines is 2. The molecule has 4 rings (SSSR count). The first-order chi connectivity index (χ1) is 17.3.